The Morgan fingerprint density at radius 2 is 1.83 bits per heavy atom. The van der Waals surface area contributed by atoms with E-state index in [1.54, 1.807) is 12.1 Å². The highest BCUT2D eigenvalue weighted by molar-refractivity contribution is 5.85. The average Bonchev–Trinajstić information content (AvgIpc) is 2.28. The summed E-state index contributed by atoms with van der Waals surface area (Å²) in [5, 5.41) is 29.3. The van der Waals surface area contributed by atoms with Crippen LogP contribution in [0.1, 0.15) is 12.5 Å². The number of amides is 1. The van der Waals surface area contributed by atoms with Crippen molar-refractivity contribution in [1.29, 1.82) is 0 Å². The monoisotopic (exact) mass is 253 g/mol. The molecule has 0 aliphatic carbocycles. The summed E-state index contributed by atoms with van der Waals surface area (Å²) in [6, 6.07) is 4.67. The van der Waals surface area contributed by atoms with Crippen molar-refractivity contribution in [3.8, 4) is 5.75 Å². The lowest BCUT2D eigenvalue weighted by molar-refractivity contribution is -0.144. The molecule has 6 heteroatoms. The number of carbonyl (C=O) groups is 2. The van der Waals surface area contributed by atoms with Crippen molar-refractivity contribution >= 4 is 11.9 Å². The Labute approximate surface area is 104 Å². The predicted molar refractivity (Wildman–Crippen MR) is 63.1 cm³/mol. The fourth-order valence-corrected chi connectivity index (χ4v) is 1.41. The highest BCUT2D eigenvalue weighted by Gasteiger charge is 2.24. The zero-order valence-electron chi connectivity index (χ0n) is 9.83. The molecule has 18 heavy (non-hydrogen) atoms. The molecule has 0 fully saturated rings. The maximum atomic E-state index is 11.6. The lowest BCUT2D eigenvalue weighted by atomic mass is 10.1. The smallest absolute Gasteiger partial charge is 0.328 e. The molecule has 0 saturated carbocycles. The Kier molecular flexibility index (Phi) is 4.67. The van der Waals surface area contributed by atoms with E-state index in [4.69, 9.17) is 10.2 Å². The second-order valence-electron chi connectivity index (χ2n) is 3.97. The molecular formula is C12H15NO5. The summed E-state index contributed by atoms with van der Waals surface area (Å²) in [6.45, 7) is 1.29. The number of benzene rings is 1. The van der Waals surface area contributed by atoms with Gasteiger partial charge in [0.05, 0.1) is 12.5 Å². The Hall–Kier alpha value is -2.08. The van der Waals surface area contributed by atoms with E-state index < -0.39 is 24.0 Å². The first-order valence-electron chi connectivity index (χ1n) is 5.38. The minimum atomic E-state index is -1.32. The molecule has 6 nitrogen and oxygen atoms in total. The van der Waals surface area contributed by atoms with Gasteiger partial charge in [-0.3, -0.25) is 4.79 Å². The number of nitrogens with one attached hydrogen (secondary N) is 1. The van der Waals surface area contributed by atoms with Crippen LogP contribution in [-0.4, -0.2) is 39.3 Å². The second kappa shape index (κ2) is 6.02. The van der Waals surface area contributed by atoms with E-state index in [-0.39, 0.29) is 12.2 Å². The minimum absolute atomic E-state index is 0.0171. The van der Waals surface area contributed by atoms with Gasteiger partial charge in [-0.15, -0.1) is 0 Å². The number of phenols is 1. The van der Waals surface area contributed by atoms with Gasteiger partial charge in [-0.1, -0.05) is 12.1 Å². The SMILES string of the molecule is C[C@@H](O)[C@H](NC(=O)Cc1ccc(O)cc1)C(=O)O. The van der Waals surface area contributed by atoms with Gasteiger partial charge in [0.1, 0.15) is 5.75 Å². The Morgan fingerprint density at radius 3 is 2.28 bits per heavy atom. The standard InChI is InChI=1S/C12H15NO5/c1-7(14)11(12(17)18)13-10(16)6-8-2-4-9(15)5-3-8/h2-5,7,11,14-15H,6H2,1H3,(H,13,16)(H,17,18)/t7-,11+/m1/s1. The van der Waals surface area contributed by atoms with Crippen molar-refractivity contribution in [3.63, 3.8) is 0 Å². The van der Waals surface area contributed by atoms with Gasteiger partial charge in [-0.25, -0.2) is 4.79 Å². The van der Waals surface area contributed by atoms with E-state index in [0.717, 1.165) is 0 Å². The summed E-state index contributed by atoms with van der Waals surface area (Å²) >= 11 is 0. The number of hydrogen-bond acceptors (Lipinski definition) is 4. The number of aliphatic hydroxyl groups excluding tert-OH is 1. The van der Waals surface area contributed by atoms with Crippen LogP contribution in [0.5, 0.6) is 5.75 Å². The molecule has 0 aliphatic rings. The zero-order valence-corrected chi connectivity index (χ0v) is 9.83. The number of carbonyl (C=O) groups excluding carboxylic acids is 1. The molecule has 1 aromatic carbocycles. The largest absolute Gasteiger partial charge is 0.508 e. The van der Waals surface area contributed by atoms with Crippen LogP contribution >= 0.6 is 0 Å². The van der Waals surface area contributed by atoms with Crippen molar-refractivity contribution in [2.24, 2.45) is 0 Å². The van der Waals surface area contributed by atoms with E-state index in [0.29, 0.717) is 5.56 Å². The van der Waals surface area contributed by atoms with Gasteiger partial charge in [-0.2, -0.15) is 0 Å². The molecule has 0 bridgehead atoms. The first kappa shape index (κ1) is 14.0. The number of aliphatic carboxylic acids is 1. The number of hydrogen-bond donors (Lipinski definition) is 4. The minimum Gasteiger partial charge on any atom is -0.508 e. The van der Waals surface area contributed by atoms with Crippen molar-refractivity contribution in [3.05, 3.63) is 29.8 Å². The van der Waals surface area contributed by atoms with Crippen LogP contribution in [0.15, 0.2) is 24.3 Å². The third-order valence-corrected chi connectivity index (χ3v) is 2.37. The van der Waals surface area contributed by atoms with Gasteiger partial charge in [0, 0.05) is 0 Å². The van der Waals surface area contributed by atoms with Crippen LogP contribution in [0.3, 0.4) is 0 Å². The fraction of sp³-hybridized carbons (Fsp3) is 0.333. The van der Waals surface area contributed by atoms with Crippen LogP contribution < -0.4 is 5.32 Å². The lowest BCUT2D eigenvalue weighted by Gasteiger charge is -2.16. The number of carboxylic acid groups (broad SMARTS) is 1. The normalized spacial score (nSPS) is 13.7. The number of carboxylic acids is 1. The summed E-state index contributed by atoms with van der Waals surface area (Å²) in [6.07, 6.45) is -1.19. The number of aliphatic hydroxyl groups is 1. The molecule has 1 rings (SSSR count). The molecule has 0 radical (unpaired) electrons. The summed E-state index contributed by atoms with van der Waals surface area (Å²) in [7, 11) is 0. The second-order valence-corrected chi connectivity index (χ2v) is 3.97. The highest BCUT2D eigenvalue weighted by Crippen LogP contribution is 2.10. The van der Waals surface area contributed by atoms with Crippen molar-refractivity contribution in [2.45, 2.75) is 25.5 Å². The maximum Gasteiger partial charge on any atom is 0.328 e. The third kappa shape index (κ3) is 4.06. The topological polar surface area (TPSA) is 107 Å². The highest BCUT2D eigenvalue weighted by atomic mass is 16.4. The van der Waals surface area contributed by atoms with Gasteiger partial charge < -0.3 is 20.6 Å². The molecule has 0 saturated heterocycles. The van der Waals surface area contributed by atoms with Crippen LogP contribution in [-0.2, 0) is 16.0 Å². The van der Waals surface area contributed by atoms with Crippen molar-refractivity contribution in [2.75, 3.05) is 0 Å². The number of aromatic hydroxyl groups is 1. The molecule has 0 unspecified atom stereocenters. The third-order valence-electron chi connectivity index (χ3n) is 2.37. The van der Waals surface area contributed by atoms with Gasteiger partial charge in [0.2, 0.25) is 5.91 Å². The molecule has 0 aromatic heterocycles. The number of phenolic OH excluding ortho intramolecular Hbond substituents is 1. The van der Waals surface area contributed by atoms with Gasteiger partial charge in [0.25, 0.3) is 0 Å². The Balaban J connectivity index is 2.60. The molecule has 0 aliphatic heterocycles. The molecule has 98 valence electrons. The van der Waals surface area contributed by atoms with Gasteiger partial charge in [0.15, 0.2) is 6.04 Å². The quantitative estimate of drug-likeness (QED) is 0.585. The molecule has 0 spiro atoms. The maximum absolute atomic E-state index is 11.6. The van der Waals surface area contributed by atoms with E-state index >= 15 is 0 Å². The van der Waals surface area contributed by atoms with E-state index in [2.05, 4.69) is 5.32 Å². The van der Waals surface area contributed by atoms with Crippen LogP contribution in [0, 0.1) is 0 Å². The zero-order chi connectivity index (χ0) is 13.7. The molecule has 1 amide bonds. The molecule has 0 heterocycles. The van der Waals surface area contributed by atoms with Crippen LogP contribution in [0.4, 0.5) is 0 Å². The summed E-state index contributed by atoms with van der Waals surface area (Å²) in [4.78, 5) is 22.3. The summed E-state index contributed by atoms with van der Waals surface area (Å²) < 4.78 is 0. The van der Waals surface area contributed by atoms with Crippen molar-refractivity contribution < 1.29 is 24.9 Å². The molecule has 2 atom stereocenters. The number of rotatable bonds is 5. The summed E-state index contributed by atoms with van der Waals surface area (Å²) in [5.41, 5.74) is 0.639. The predicted octanol–water partition coefficient (Wildman–Crippen LogP) is -0.115. The lowest BCUT2D eigenvalue weighted by Crippen LogP contribution is -2.48. The van der Waals surface area contributed by atoms with Crippen LogP contribution in [0.2, 0.25) is 0 Å². The molecular weight excluding hydrogens is 238 g/mol. The van der Waals surface area contributed by atoms with Gasteiger partial charge in [-0.05, 0) is 24.6 Å². The first-order valence-corrected chi connectivity index (χ1v) is 5.38. The van der Waals surface area contributed by atoms with E-state index in [1.807, 2.05) is 0 Å². The van der Waals surface area contributed by atoms with E-state index in [9.17, 15) is 14.7 Å². The first-order chi connectivity index (χ1) is 8.40. The van der Waals surface area contributed by atoms with Gasteiger partial charge >= 0.3 is 5.97 Å². The Morgan fingerprint density at radius 1 is 1.28 bits per heavy atom. The summed E-state index contributed by atoms with van der Waals surface area (Å²) in [5.74, 6) is -1.70. The van der Waals surface area contributed by atoms with Crippen LogP contribution in [0.25, 0.3) is 0 Å². The van der Waals surface area contributed by atoms with E-state index in [1.165, 1.54) is 19.1 Å². The molecule has 1 aromatic rings. The average molecular weight is 253 g/mol. The fourth-order valence-electron chi connectivity index (χ4n) is 1.41. The van der Waals surface area contributed by atoms with Crippen molar-refractivity contribution in [1.82, 2.24) is 5.32 Å². The Bertz CT molecular complexity index is 427. The molecule has 4 N–H and O–H groups in total.